The maximum Gasteiger partial charge on any atom is 0.416 e. The normalized spacial score (nSPS) is 24.3. The van der Waals surface area contributed by atoms with E-state index in [0.717, 1.165) is 17.0 Å². The van der Waals surface area contributed by atoms with E-state index in [-0.39, 0.29) is 41.3 Å². The van der Waals surface area contributed by atoms with Crippen LogP contribution in [0.5, 0.6) is 5.75 Å². The van der Waals surface area contributed by atoms with Crippen LogP contribution in [0.15, 0.2) is 54.6 Å². The monoisotopic (exact) mass is 688 g/mol. The zero-order valence-corrected chi connectivity index (χ0v) is 24.9. The second-order valence-electron chi connectivity index (χ2n) is 11.7. The van der Waals surface area contributed by atoms with Gasteiger partial charge in [0.25, 0.3) is 0 Å². The van der Waals surface area contributed by atoms with Crippen molar-refractivity contribution < 1.29 is 63.3 Å². The van der Waals surface area contributed by atoms with Crippen LogP contribution < -0.4 is 10.1 Å². The first-order chi connectivity index (χ1) is 22.4. The molecule has 0 spiro atoms. The molecule has 3 aromatic rings. The number of benzene rings is 3. The first-order valence-corrected chi connectivity index (χ1v) is 14.5. The number of methoxy groups -OCH3 is 1. The minimum atomic E-state index is -5.15. The van der Waals surface area contributed by atoms with Gasteiger partial charge in [0.15, 0.2) is 0 Å². The highest BCUT2D eigenvalue weighted by molar-refractivity contribution is 5.78. The first-order valence-electron chi connectivity index (χ1n) is 14.5. The Kier molecular flexibility index (Phi) is 7.98. The van der Waals surface area contributed by atoms with Crippen molar-refractivity contribution in [2.75, 3.05) is 7.11 Å². The predicted molar refractivity (Wildman–Crippen MR) is 149 cm³/mol. The summed E-state index contributed by atoms with van der Waals surface area (Å²) in [5, 5.41) is 2.60. The number of alkyl carbamates (subject to hydrolysis) is 1. The number of alkyl halides is 9. The van der Waals surface area contributed by atoms with Gasteiger partial charge in [-0.1, -0.05) is 12.1 Å². The number of cyclic esters (lactones) is 2. The summed E-state index contributed by atoms with van der Waals surface area (Å²) in [5.41, 5.74) is -3.83. The molecule has 1 N–H and O–H groups in total. The molecule has 0 aliphatic carbocycles. The lowest BCUT2D eigenvalue weighted by Gasteiger charge is -2.26. The summed E-state index contributed by atoms with van der Waals surface area (Å²) >= 11 is 0. The summed E-state index contributed by atoms with van der Waals surface area (Å²) in [6.45, 7) is 1.69. The van der Waals surface area contributed by atoms with Crippen molar-refractivity contribution in [2.45, 2.75) is 68.6 Å². The van der Waals surface area contributed by atoms with Crippen LogP contribution in [0, 0.1) is 0 Å². The Bertz CT molecular complexity index is 1740. The summed E-state index contributed by atoms with van der Waals surface area (Å²) < 4.78 is 140. The molecule has 0 saturated carbocycles. The molecule has 16 heteroatoms. The number of carbonyl (C=O) groups excluding carboxylic acids is 2. The van der Waals surface area contributed by atoms with E-state index in [0.29, 0.717) is 17.7 Å². The van der Waals surface area contributed by atoms with E-state index in [1.165, 1.54) is 19.2 Å². The van der Waals surface area contributed by atoms with E-state index in [4.69, 9.17) is 14.2 Å². The van der Waals surface area contributed by atoms with Crippen molar-refractivity contribution in [3.05, 3.63) is 88.0 Å². The third-order valence-electron chi connectivity index (χ3n) is 8.77. The van der Waals surface area contributed by atoms with E-state index in [9.17, 15) is 49.1 Å². The fourth-order valence-corrected chi connectivity index (χ4v) is 6.63. The molecule has 2 amide bonds. The Balaban J connectivity index is 1.45. The highest BCUT2D eigenvalue weighted by Crippen LogP contribution is 2.52. The number of carbonyl (C=O) groups is 2. The molecule has 0 aromatic heterocycles. The maximum atomic E-state index is 14.0. The van der Waals surface area contributed by atoms with Crippen LogP contribution >= 0.6 is 0 Å². The van der Waals surface area contributed by atoms with Gasteiger partial charge >= 0.3 is 30.7 Å². The average molecular weight is 689 g/mol. The molecule has 3 heterocycles. The van der Waals surface area contributed by atoms with E-state index in [1.807, 2.05) is 0 Å². The second kappa shape index (κ2) is 11.5. The molecule has 5 atom stereocenters. The van der Waals surface area contributed by atoms with Gasteiger partial charge in [-0.2, -0.15) is 39.5 Å². The number of nitrogens with zero attached hydrogens (tertiary/aromatic N) is 1. The lowest BCUT2D eigenvalue weighted by Crippen LogP contribution is -2.31. The zero-order chi connectivity index (χ0) is 34.9. The van der Waals surface area contributed by atoms with Crippen LogP contribution in [-0.4, -0.2) is 36.3 Å². The lowest BCUT2D eigenvalue weighted by atomic mass is 9.89. The molecule has 7 nitrogen and oxygen atoms in total. The molecular weight excluding hydrogens is 663 g/mol. The third-order valence-corrected chi connectivity index (χ3v) is 8.77. The molecule has 3 saturated heterocycles. The first kappa shape index (κ1) is 33.3. The number of nitrogens with one attached hydrogen (secondary N) is 1. The lowest BCUT2D eigenvalue weighted by molar-refractivity contribution is -0.143. The fraction of sp³-hybridized carbons (Fsp3) is 0.375. The number of ether oxygens (including phenoxy) is 3. The molecule has 3 aromatic carbocycles. The Hall–Kier alpha value is -4.63. The smallest absolute Gasteiger partial charge is 0.416 e. The summed E-state index contributed by atoms with van der Waals surface area (Å²) in [5.74, 6) is 0.227. The van der Waals surface area contributed by atoms with E-state index in [1.54, 1.807) is 19.1 Å². The highest BCUT2D eigenvalue weighted by Gasteiger charge is 2.52. The molecule has 3 aliphatic rings. The van der Waals surface area contributed by atoms with E-state index < -0.39 is 83.3 Å². The predicted octanol–water partition coefficient (Wildman–Crippen LogP) is 8.98. The quantitative estimate of drug-likeness (QED) is 0.271. The van der Waals surface area contributed by atoms with E-state index >= 15 is 0 Å². The number of halogens is 9. The molecule has 0 bridgehead atoms. The van der Waals surface area contributed by atoms with Gasteiger partial charge in [0.05, 0.1) is 41.9 Å². The molecule has 3 aliphatic heterocycles. The van der Waals surface area contributed by atoms with Gasteiger partial charge in [0, 0.05) is 5.56 Å². The van der Waals surface area contributed by atoms with Crippen molar-refractivity contribution >= 4 is 12.2 Å². The topological polar surface area (TPSA) is 77.1 Å². The van der Waals surface area contributed by atoms with Crippen LogP contribution in [-0.2, 0) is 28.0 Å². The van der Waals surface area contributed by atoms with Crippen molar-refractivity contribution in [3.8, 4) is 16.9 Å². The summed E-state index contributed by atoms with van der Waals surface area (Å²) in [4.78, 5) is 26.2. The molecule has 6 rings (SSSR count). The Labute approximate surface area is 266 Å². The van der Waals surface area contributed by atoms with Gasteiger partial charge in [-0.15, -0.1) is 0 Å². The second-order valence-corrected chi connectivity index (χ2v) is 11.7. The Morgan fingerprint density at radius 1 is 0.729 bits per heavy atom. The Morgan fingerprint density at radius 3 is 1.94 bits per heavy atom. The van der Waals surface area contributed by atoms with Gasteiger partial charge in [0.2, 0.25) is 0 Å². The average Bonchev–Trinajstić information content (AvgIpc) is 3.69. The maximum absolute atomic E-state index is 14.0. The highest BCUT2D eigenvalue weighted by atomic mass is 19.4. The third kappa shape index (κ3) is 5.96. The van der Waals surface area contributed by atoms with Gasteiger partial charge in [-0.3, -0.25) is 4.90 Å². The minimum Gasteiger partial charge on any atom is -0.496 e. The van der Waals surface area contributed by atoms with Crippen molar-refractivity contribution in [1.82, 2.24) is 10.2 Å². The summed E-state index contributed by atoms with van der Waals surface area (Å²) in [6, 6.07) is 5.85. The van der Waals surface area contributed by atoms with Crippen molar-refractivity contribution in [1.29, 1.82) is 0 Å². The Morgan fingerprint density at radius 2 is 1.38 bits per heavy atom. The molecule has 0 unspecified atom stereocenters. The molecule has 0 radical (unpaired) electrons. The SMILES string of the molecule is COc1ccc([C@@H]2OC(=O)N[C@H]2C)cc1-c1ccc(C(F)(F)F)cc1[C@@H]1CC[C@H]2[C@@H](c3cc(C(F)(F)F)cc(C(F)(F)F)c3)OC(=O)N12. The fourth-order valence-electron chi connectivity index (χ4n) is 6.63. The number of amides is 2. The zero-order valence-electron chi connectivity index (χ0n) is 24.9. The number of fused-ring (bicyclic) bond motifs is 1. The van der Waals surface area contributed by atoms with Gasteiger partial charge in [0.1, 0.15) is 18.0 Å². The molecular formula is C32H25F9N2O5. The van der Waals surface area contributed by atoms with E-state index in [2.05, 4.69) is 5.32 Å². The molecule has 256 valence electrons. The van der Waals surface area contributed by atoms with Crippen LogP contribution in [0.25, 0.3) is 11.1 Å². The standard InChI is InChI=1S/C32H25F9N2O5/c1-14-26(47-28(44)42-14)15-3-8-25(46-2)22(11-15)20-5-4-17(30(33,34)35)13-21(20)23-6-7-24-27(48-29(45)43(23)24)16-9-18(31(36,37)38)12-19(10-16)32(39,40)41/h3-5,8-14,23-24,26-27H,6-7H2,1-2H3,(H,42,44)/t14-,23-,24-,26+,27+/m0/s1. The van der Waals surface area contributed by atoms with Gasteiger partial charge in [-0.05, 0) is 84.5 Å². The van der Waals surface area contributed by atoms with Crippen LogP contribution in [0.3, 0.4) is 0 Å². The number of hydrogen-bond donors (Lipinski definition) is 1. The molecule has 3 fully saturated rings. The largest absolute Gasteiger partial charge is 0.496 e. The molecule has 48 heavy (non-hydrogen) atoms. The van der Waals surface area contributed by atoms with Crippen molar-refractivity contribution in [2.24, 2.45) is 0 Å². The van der Waals surface area contributed by atoms with Crippen LogP contribution in [0.2, 0.25) is 0 Å². The number of hydrogen-bond acceptors (Lipinski definition) is 5. The van der Waals surface area contributed by atoms with Gasteiger partial charge in [-0.25, -0.2) is 9.59 Å². The van der Waals surface area contributed by atoms with Crippen LogP contribution in [0.1, 0.15) is 71.4 Å². The summed E-state index contributed by atoms with van der Waals surface area (Å²) in [6.07, 6.45) is -19.2. The summed E-state index contributed by atoms with van der Waals surface area (Å²) in [7, 11) is 1.33. The van der Waals surface area contributed by atoms with Gasteiger partial charge < -0.3 is 19.5 Å². The van der Waals surface area contributed by atoms with Crippen molar-refractivity contribution in [3.63, 3.8) is 0 Å². The minimum absolute atomic E-state index is 0.00464. The number of rotatable bonds is 5. The van der Waals surface area contributed by atoms with Crippen LogP contribution in [0.4, 0.5) is 49.1 Å².